The maximum atomic E-state index is 12.9. The number of thiophene rings is 1. The van der Waals surface area contributed by atoms with Gasteiger partial charge in [0.25, 0.3) is 0 Å². The van der Waals surface area contributed by atoms with Gasteiger partial charge in [0.05, 0.1) is 4.88 Å². The summed E-state index contributed by atoms with van der Waals surface area (Å²) < 4.78 is 0. The molecule has 1 amide bonds. The van der Waals surface area contributed by atoms with Crippen LogP contribution in [0.2, 0.25) is 0 Å². The quantitative estimate of drug-likeness (QED) is 0.591. The van der Waals surface area contributed by atoms with Gasteiger partial charge in [0.1, 0.15) is 0 Å². The minimum Gasteiger partial charge on any atom is -0.326 e. The molecule has 4 heteroatoms. The maximum absolute atomic E-state index is 12.9. The molecule has 29 heavy (non-hydrogen) atoms. The van der Waals surface area contributed by atoms with Crippen molar-refractivity contribution in [2.75, 3.05) is 5.32 Å². The van der Waals surface area contributed by atoms with Crippen molar-refractivity contribution in [2.24, 2.45) is 22.2 Å². The largest absolute Gasteiger partial charge is 0.326 e. The van der Waals surface area contributed by atoms with Crippen LogP contribution in [0.4, 0.5) is 5.69 Å². The van der Waals surface area contributed by atoms with Crippen LogP contribution in [0.3, 0.4) is 0 Å². The Bertz CT molecular complexity index is 928. The third kappa shape index (κ3) is 3.56. The van der Waals surface area contributed by atoms with Gasteiger partial charge in [-0.25, -0.2) is 0 Å². The van der Waals surface area contributed by atoms with E-state index in [9.17, 15) is 9.59 Å². The number of anilines is 1. The SMILES string of the molecule is C[C@]12CC3CC(CC(=O)Nc4ccc(C(=O)c5cccs5)cc4)(C1)C[C@@](C)(C3)C2. The van der Waals surface area contributed by atoms with Crippen LogP contribution in [0.5, 0.6) is 0 Å². The highest BCUT2D eigenvalue weighted by Crippen LogP contribution is 2.70. The predicted octanol–water partition coefficient (Wildman–Crippen LogP) is 6.30. The summed E-state index contributed by atoms with van der Waals surface area (Å²) in [5.41, 5.74) is 2.48. The number of hydrogen-bond acceptors (Lipinski definition) is 3. The van der Waals surface area contributed by atoms with Gasteiger partial charge in [-0.1, -0.05) is 19.9 Å². The molecule has 1 heterocycles. The predicted molar refractivity (Wildman–Crippen MR) is 117 cm³/mol. The maximum Gasteiger partial charge on any atom is 0.224 e. The van der Waals surface area contributed by atoms with Gasteiger partial charge in [0, 0.05) is 17.7 Å². The van der Waals surface area contributed by atoms with E-state index in [2.05, 4.69) is 19.2 Å². The van der Waals surface area contributed by atoms with Crippen LogP contribution < -0.4 is 5.32 Å². The van der Waals surface area contributed by atoms with E-state index in [0.717, 1.165) is 16.5 Å². The number of rotatable bonds is 5. The second kappa shape index (κ2) is 6.53. The Morgan fingerprint density at radius 2 is 1.69 bits per heavy atom. The molecule has 0 saturated heterocycles. The summed E-state index contributed by atoms with van der Waals surface area (Å²) in [6.45, 7) is 4.90. The number of nitrogens with one attached hydrogen (secondary N) is 1. The van der Waals surface area contributed by atoms with Gasteiger partial charge in [-0.05, 0) is 96.4 Å². The molecule has 4 aliphatic carbocycles. The molecule has 6 rings (SSSR count). The Kier molecular flexibility index (Phi) is 4.29. The second-order valence-corrected chi connectivity index (χ2v) is 11.7. The molecule has 0 aliphatic heterocycles. The number of hydrogen-bond donors (Lipinski definition) is 1. The van der Waals surface area contributed by atoms with Gasteiger partial charge in [-0.2, -0.15) is 0 Å². The first-order valence-corrected chi connectivity index (χ1v) is 11.6. The lowest BCUT2D eigenvalue weighted by Crippen LogP contribution is -2.55. The Hall–Kier alpha value is -1.94. The second-order valence-electron chi connectivity index (χ2n) is 10.7. The molecule has 4 fully saturated rings. The van der Waals surface area contributed by atoms with Gasteiger partial charge < -0.3 is 5.32 Å². The molecule has 1 N–H and O–H groups in total. The van der Waals surface area contributed by atoms with Crippen LogP contribution >= 0.6 is 11.3 Å². The van der Waals surface area contributed by atoms with E-state index in [-0.39, 0.29) is 17.1 Å². The molecule has 1 aromatic carbocycles. The van der Waals surface area contributed by atoms with Crippen molar-refractivity contribution in [3.63, 3.8) is 0 Å². The summed E-state index contributed by atoms with van der Waals surface area (Å²) in [5.74, 6) is 0.959. The van der Waals surface area contributed by atoms with Crippen molar-refractivity contribution in [1.82, 2.24) is 0 Å². The van der Waals surface area contributed by atoms with E-state index in [4.69, 9.17) is 0 Å². The summed E-state index contributed by atoms with van der Waals surface area (Å²) in [6.07, 6.45) is 8.29. The monoisotopic (exact) mass is 407 g/mol. The minimum atomic E-state index is 0.0351. The molecule has 4 bridgehead atoms. The number of carbonyl (C=O) groups is 2. The normalized spacial score (nSPS) is 34.9. The molecule has 0 radical (unpaired) electrons. The Morgan fingerprint density at radius 3 is 2.28 bits per heavy atom. The number of benzene rings is 1. The average Bonchev–Trinajstić information content (AvgIpc) is 3.12. The molecule has 4 saturated carbocycles. The van der Waals surface area contributed by atoms with Crippen molar-refractivity contribution in [2.45, 2.75) is 58.8 Å². The molecule has 0 spiro atoms. The zero-order chi connectivity index (χ0) is 20.3. The van der Waals surface area contributed by atoms with E-state index in [1.54, 1.807) is 0 Å². The van der Waals surface area contributed by atoms with Crippen molar-refractivity contribution in [1.29, 1.82) is 0 Å². The van der Waals surface area contributed by atoms with Crippen molar-refractivity contribution >= 4 is 28.7 Å². The zero-order valence-electron chi connectivity index (χ0n) is 17.3. The van der Waals surface area contributed by atoms with Crippen LogP contribution in [-0.2, 0) is 4.79 Å². The fourth-order valence-corrected chi connectivity index (χ4v) is 8.37. The molecule has 2 unspecified atom stereocenters. The molecule has 4 aliphatic rings. The summed E-state index contributed by atoms with van der Waals surface area (Å²) in [4.78, 5) is 26.1. The fraction of sp³-hybridized carbons (Fsp3) is 0.520. The van der Waals surface area contributed by atoms with Crippen LogP contribution in [0.15, 0.2) is 41.8 Å². The van der Waals surface area contributed by atoms with E-state index < -0.39 is 0 Å². The highest BCUT2D eigenvalue weighted by molar-refractivity contribution is 7.12. The molecule has 3 nitrogen and oxygen atoms in total. The molecular formula is C25H29NO2S. The van der Waals surface area contributed by atoms with Gasteiger partial charge in [-0.3, -0.25) is 9.59 Å². The smallest absolute Gasteiger partial charge is 0.224 e. The van der Waals surface area contributed by atoms with Gasteiger partial charge in [0.15, 0.2) is 0 Å². The lowest BCUT2D eigenvalue weighted by atomic mass is 9.40. The molecular weight excluding hydrogens is 378 g/mol. The number of ketones is 1. The van der Waals surface area contributed by atoms with E-state index >= 15 is 0 Å². The summed E-state index contributed by atoms with van der Waals surface area (Å²) in [6, 6.07) is 11.0. The fourth-order valence-electron chi connectivity index (χ4n) is 7.68. The van der Waals surface area contributed by atoms with E-state index in [0.29, 0.717) is 22.8 Å². The first kappa shape index (κ1) is 19.0. The van der Waals surface area contributed by atoms with Gasteiger partial charge >= 0.3 is 0 Å². The highest BCUT2D eigenvalue weighted by atomic mass is 32.1. The first-order valence-electron chi connectivity index (χ1n) is 10.7. The molecule has 4 atom stereocenters. The summed E-state index contributed by atoms with van der Waals surface area (Å²) in [5, 5.41) is 5.01. The van der Waals surface area contributed by atoms with E-state index in [1.165, 1.54) is 49.9 Å². The first-order chi connectivity index (χ1) is 13.8. The van der Waals surface area contributed by atoms with Crippen LogP contribution in [0.25, 0.3) is 0 Å². The third-order valence-corrected chi connectivity index (χ3v) is 8.32. The number of amides is 1. The lowest BCUT2D eigenvalue weighted by molar-refractivity contribution is -0.153. The molecule has 1 aromatic heterocycles. The highest BCUT2D eigenvalue weighted by Gasteiger charge is 2.60. The van der Waals surface area contributed by atoms with E-state index in [1.807, 2.05) is 41.8 Å². The Balaban J connectivity index is 1.26. The molecule has 152 valence electrons. The summed E-state index contributed by atoms with van der Waals surface area (Å²) >= 11 is 1.45. The topological polar surface area (TPSA) is 46.2 Å². The molecule has 2 aromatic rings. The van der Waals surface area contributed by atoms with Crippen molar-refractivity contribution in [3.05, 3.63) is 52.2 Å². The van der Waals surface area contributed by atoms with Crippen LogP contribution in [0.1, 0.15) is 74.0 Å². The van der Waals surface area contributed by atoms with Crippen molar-refractivity contribution < 1.29 is 9.59 Å². The minimum absolute atomic E-state index is 0.0351. The Morgan fingerprint density at radius 1 is 1.00 bits per heavy atom. The summed E-state index contributed by atoms with van der Waals surface area (Å²) in [7, 11) is 0. The van der Waals surface area contributed by atoms with Crippen LogP contribution in [0, 0.1) is 22.2 Å². The lowest BCUT2D eigenvalue weighted by Gasteiger charge is -2.65. The Labute approximate surface area is 176 Å². The number of carbonyl (C=O) groups excluding carboxylic acids is 2. The van der Waals surface area contributed by atoms with Gasteiger partial charge in [-0.15, -0.1) is 11.3 Å². The third-order valence-electron chi connectivity index (χ3n) is 7.45. The van der Waals surface area contributed by atoms with Gasteiger partial charge in [0.2, 0.25) is 11.7 Å². The van der Waals surface area contributed by atoms with Crippen LogP contribution in [-0.4, -0.2) is 11.7 Å². The van der Waals surface area contributed by atoms with Crippen molar-refractivity contribution in [3.8, 4) is 0 Å². The zero-order valence-corrected chi connectivity index (χ0v) is 18.1. The average molecular weight is 408 g/mol. The standard InChI is InChI=1S/C25H29NO2S/c1-23-10-17-11-24(2,14-23)16-25(12-17,15-23)13-21(27)26-19-7-5-18(6-8-19)22(28)20-4-3-9-29-20/h3-9,17H,10-16H2,1-2H3,(H,26,27)/t17?,23-,24+,25?.